The number of hydrogen-bond donors (Lipinski definition) is 1. The van der Waals surface area contributed by atoms with E-state index in [0.717, 1.165) is 5.56 Å². The fraction of sp³-hybridized carbons (Fsp3) is 0.200. The molecule has 8 heteroatoms. The highest BCUT2D eigenvalue weighted by molar-refractivity contribution is 6.00. The molecule has 0 saturated heterocycles. The summed E-state index contributed by atoms with van der Waals surface area (Å²) in [6.45, 7) is 0.403. The van der Waals surface area contributed by atoms with E-state index in [9.17, 15) is 18.0 Å². The molecule has 3 rings (SSSR count). The van der Waals surface area contributed by atoms with Gasteiger partial charge >= 0.3 is 6.18 Å². The molecule has 0 aliphatic carbocycles. The van der Waals surface area contributed by atoms with Crippen molar-refractivity contribution in [3.8, 4) is 17.1 Å². The molecule has 3 aromatic rings. The van der Waals surface area contributed by atoms with Crippen LogP contribution in [0.25, 0.3) is 11.3 Å². The first-order valence-corrected chi connectivity index (χ1v) is 8.42. The molecule has 0 unspecified atom stereocenters. The van der Waals surface area contributed by atoms with Crippen LogP contribution in [-0.4, -0.2) is 23.8 Å². The molecule has 1 amide bonds. The van der Waals surface area contributed by atoms with E-state index in [1.807, 2.05) is 18.2 Å². The van der Waals surface area contributed by atoms with Gasteiger partial charge in [-0.2, -0.15) is 13.2 Å². The molecule has 1 heterocycles. The van der Waals surface area contributed by atoms with Crippen LogP contribution in [-0.2, 0) is 6.54 Å². The number of hydrogen-bond acceptors (Lipinski definition) is 4. The maximum Gasteiger partial charge on any atom is 0.422 e. The third-order valence-corrected chi connectivity index (χ3v) is 3.88. The van der Waals surface area contributed by atoms with Crippen LogP contribution in [0.3, 0.4) is 0 Å². The summed E-state index contributed by atoms with van der Waals surface area (Å²) in [6, 6.07) is 15.2. The number of aromatic nitrogens is 1. The Kier molecular flexibility index (Phi) is 5.67. The normalized spacial score (nSPS) is 11.3. The van der Waals surface area contributed by atoms with E-state index in [4.69, 9.17) is 9.26 Å². The molecule has 5 nitrogen and oxygen atoms in total. The number of aryl methyl sites for hydroxylation is 1. The van der Waals surface area contributed by atoms with Gasteiger partial charge in [-0.25, -0.2) is 0 Å². The number of benzene rings is 2. The van der Waals surface area contributed by atoms with Gasteiger partial charge in [-0.1, -0.05) is 47.6 Å². The summed E-state index contributed by atoms with van der Waals surface area (Å²) >= 11 is 0. The lowest BCUT2D eigenvalue weighted by Crippen LogP contribution is -2.24. The Morgan fingerprint density at radius 3 is 2.61 bits per heavy atom. The Labute approximate surface area is 159 Å². The smallest absolute Gasteiger partial charge is 0.422 e. The van der Waals surface area contributed by atoms with Crippen LogP contribution in [0, 0.1) is 6.92 Å². The molecule has 28 heavy (non-hydrogen) atoms. The van der Waals surface area contributed by atoms with E-state index in [2.05, 4.69) is 10.5 Å². The molecule has 1 aromatic heterocycles. The van der Waals surface area contributed by atoms with Gasteiger partial charge in [0, 0.05) is 12.1 Å². The van der Waals surface area contributed by atoms with Crippen molar-refractivity contribution >= 4 is 5.91 Å². The van der Waals surface area contributed by atoms with Crippen LogP contribution in [0.4, 0.5) is 13.2 Å². The Morgan fingerprint density at radius 2 is 1.89 bits per heavy atom. The molecule has 0 spiro atoms. The lowest BCUT2D eigenvalue weighted by molar-refractivity contribution is -0.153. The molecule has 0 saturated carbocycles. The summed E-state index contributed by atoms with van der Waals surface area (Å²) in [5, 5.41) is 6.60. The fourth-order valence-corrected chi connectivity index (χ4v) is 2.60. The maximum atomic E-state index is 12.6. The Hall–Kier alpha value is -3.29. The zero-order valence-electron chi connectivity index (χ0n) is 14.9. The average molecular weight is 390 g/mol. The molecule has 0 radical (unpaired) electrons. The van der Waals surface area contributed by atoms with Crippen LogP contribution in [0.2, 0.25) is 0 Å². The van der Waals surface area contributed by atoms with E-state index >= 15 is 0 Å². The molecular formula is C20H17F3N2O3. The summed E-state index contributed by atoms with van der Waals surface area (Å²) < 4.78 is 46.8. The van der Waals surface area contributed by atoms with Crippen LogP contribution in [0.15, 0.2) is 59.1 Å². The van der Waals surface area contributed by atoms with Crippen molar-refractivity contribution in [2.24, 2.45) is 0 Å². The number of alkyl halides is 3. The third kappa shape index (κ3) is 4.91. The summed E-state index contributed by atoms with van der Waals surface area (Å²) in [5.41, 5.74) is 2.08. The van der Waals surface area contributed by atoms with Crippen molar-refractivity contribution in [3.05, 3.63) is 71.4 Å². The van der Waals surface area contributed by atoms with Crippen LogP contribution in [0.1, 0.15) is 21.6 Å². The van der Waals surface area contributed by atoms with Crippen LogP contribution < -0.4 is 10.1 Å². The Morgan fingerprint density at radius 1 is 1.14 bits per heavy atom. The predicted molar refractivity (Wildman–Crippen MR) is 95.8 cm³/mol. The number of amides is 1. The zero-order valence-corrected chi connectivity index (χ0v) is 14.9. The summed E-state index contributed by atoms with van der Waals surface area (Å²) in [6.07, 6.45) is -4.41. The van der Waals surface area contributed by atoms with E-state index in [1.54, 1.807) is 31.2 Å². The first kappa shape index (κ1) is 19.5. The number of halogens is 3. The topological polar surface area (TPSA) is 64.4 Å². The number of nitrogens with one attached hydrogen (secondary N) is 1. The molecule has 0 aliphatic heterocycles. The van der Waals surface area contributed by atoms with Gasteiger partial charge in [0.15, 0.2) is 12.4 Å². The van der Waals surface area contributed by atoms with Gasteiger partial charge in [-0.15, -0.1) is 0 Å². The second-order valence-electron chi connectivity index (χ2n) is 6.07. The first-order valence-electron chi connectivity index (χ1n) is 8.42. The second kappa shape index (κ2) is 8.16. The molecule has 0 aliphatic rings. The van der Waals surface area contributed by atoms with Crippen molar-refractivity contribution in [1.82, 2.24) is 10.5 Å². The van der Waals surface area contributed by atoms with E-state index in [1.165, 1.54) is 12.1 Å². The molecule has 146 valence electrons. The SMILES string of the molecule is Cc1noc(-c2ccccc2)c1C(=O)NCc1cccc(OCC(F)(F)F)c1. The minimum absolute atomic E-state index is 0.0789. The van der Waals surface area contributed by atoms with E-state index in [-0.39, 0.29) is 18.2 Å². The van der Waals surface area contributed by atoms with Crippen molar-refractivity contribution in [3.63, 3.8) is 0 Å². The molecule has 0 atom stereocenters. The fourth-order valence-electron chi connectivity index (χ4n) is 2.60. The van der Waals surface area contributed by atoms with Crippen molar-refractivity contribution < 1.29 is 27.2 Å². The lowest BCUT2D eigenvalue weighted by Gasteiger charge is -2.11. The van der Waals surface area contributed by atoms with Gasteiger partial charge in [-0.3, -0.25) is 4.79 Å². The van der Waals surface area contributed by atoms with Gasteiger partial charge in [0.2, 0.25) is 0 Å². The zero-order chi connectivity index (χ0) is 20.1. The minimum atomic E-state index is -4.41. The number of ether oxygens (including phenoxy) is 1. The van der Waals surface area contributed by atoms with Gasteiger partial charge in [0.05, 0.1) is 5.69 Å². The average Bonchev–Trinajstić information content (AvgIpc) is 3.06. The van der Waals surface area contributed by atoms with Crippen molar-refractivity contribution in [2.75, 3.05) is 6.61 Å². The number of carbonyl (C=O) groups is 1. The summed E-state index contributed by atoms with van der Waals surface area (Å²) in [7, 11) is 0. The van der Waals surface area contributed by atoms with E-state index < -0.39 is 12.8 Å². The third-order valence-electron chi connectivity index (χ3n) is 3.88. The first-order chi connectivity index (χ1) is 13.3. The number of rotatable bonds is 6. The molecular weight excluding hydrogens is 373 g/mol. The van der Waals surface area contributed by atoms with Gasteiger partial charge in [0.1, 0.15) is 11.3 Å². The Balaban J connectivity index is 1.69. The predicted octanol–water partition coefficient (Wildman–Crippen LogP) is 4.52. The number of carbonyl (C=O) groups excluding carboxylic acids is 1. The summed E-state index contributed by atoms with van der Waals surface area (Å²) in [4.78, 5) is 12.6. The van der Waals surface area contributed by atoms with Crippen molar-refractivity contribution in [1.29, 1.82) is 0 Å². The standard InChI is InChI=1S/C20H17F3N2O3/c1-13-17(18(28-25-13)15-7-3-2-4-8-15)19(26)24-11-14-6-5-9-16(10-14)27-12-20(21,22)23/h2-10H,11-12H2,1H3,(H,24,26). The van der Waals surface area contributed by atoms with Gasteiger partial charge in [-0.05, 0) is 24.6 Å². The number of nitrogens with zero attached hydrogens (tertiary/aromatic N) is 1. The highest BCUT2D eigenvalue weighted by Gasteiger charge is 2.28. The second-order valence-corrected chi connectivity index (χ2v) is 6.07. The molecule has 2 aromatic carbocycles. The highest BCUT2D eigenvalue weighted by Crippen LogP contribution is 2.26. The molecule has 0 bridgehead atoms. The lowest BCUT2D eigenvalue weighted by atomic mass is 10.1. The Bertz CT molecular complexity index is 953. The highest BCUT2D eigenvalue weighted by atomic mass is 19.4. The van der Waals surface area contributed by atoms with Gasteiger partial charge < -0.3 is 14.6 Å². The van der Waals surface area contributed by atoms with Crippen LogP contribution in [0.5, 0.6) is 5.75 Å². The van der Waals surface area contributed by atoms with Gasteiger partial charge in [0.25, 0.3) is 5.91 Å². The maximum absolute atomic E-state index is 12.6. The minimum Gasteiger partial charge on any atom is -0.484 e. The molecule has 1 N–H and O–H groups in total. The van der Waals surface area contributed by atoms with Crippen molar-refractivity contribution in [2.45, 2.75) is 19.6 Å². The van der Waals surface area contributed by atoms with Crippen LogP contribution >= 0.6 is 0 Å². The molecule has 0 fully saturated rings. The summed E-state index contributed by atoms with van der Waals surface area (Å²) in [5.74, 6) is 0.0484. The largest absolute Gasteiger partial charge is 0.484 e. The monoisotopic (exact) mass is 390 g/mol. The van der Waals surface area contributed by atoms with E-state index in [0.29, 0.717) is 22.6 Å². The quantitative estimate of drug-likeness (QED) is 0.672.